The van der Waals surface area contributed by atoms with Gasteiger partial charge in [0, 0.05) is 6.54 Å². The van der Waals surface area contributed by atoms with E-state index in [0.29, 0.717) is 15.8 Å². The van der Waals surface area contributed by atoms with Gasteiger partial charge in [0.25, 0.3) is 5.91 Å². The third-order valence-corrected chi connectivity index (χ3v) is 4.40. The molecule has 1 saturated heterocycles. The van der Waals surface area contributed by atoms with Crippen LogP contribution in [0.15, 0.2) is 29.2 Å². The number of methoxy groups -OCH3 is 1. The summed E-state index contributed by atoms with van der Waals surface area (Å²) < 4.78 is 5.77. The molecule has 1 fully saturated rings. The van der Waals surface area contributed by atoms with Crippen LogP contribution in [0, 0.1) is 0 Å². The van der Waals surface area contributed by atoms with Crippen LogP contribution in [0.2, 0.25) is 0 Å². The molecule has 1 amide bonds. The van der Waals surface area contributed by atoms with Gasteiger partial charge in [0.15, 0.2) is 0 Å². The quantitative estimate of drug-likeness (QED) is 0.613. The van der Waals surface area contributed by atoms with Gasteiger partial charge in [0.05, 0.1) is 12.0 Å². The van der Waals surface area contributed by atoms with E-state index in [0.717, 1.165) is 24.2 Å². The molecule has 20 heavy (non-hydrogen) atoms. The number of hydrogen-bond acceptors (Lipinski definition) is 4. The Kier molecular flexibility index (Phi) is 5.20. The molecular formula is C15H17NO2S2. The van der Waals surface area contributed by atoms with Crippen LogP contribution >= 0.6 is 24.0 Å². The average Bonchev–Trinajstić information content (AvgIpc) is 2.72. The Morgan fingerprint density at radius 3 is 2.65 bits per heavy atom. The zero-order valence-electron chi connectivity index (χ0n) is 11.6. The molecule has 0 aliphatic carbocycles. The number of unbranched alkanes of at least 4 members (excludes halogenated alkanes) is 1. The summed E-state index contributed by atoms with van der Waals surface area (Å²) in [6, 6.07) is 7.61. The van der Waals surface area contributed by atoms with Crippen LogP contribution in [0.1, 0.15) is 25.3 Å². The summed E-state index contributed by atoms with van der Waals surface area (Å²) >= 11 is 6.65. The van der Waals surface area contributed by atoms with E-state index < -0.39 is 0 Å². The van der Waals surface area contributed by atoms with Crippen molar-refractivity contribution in [2.45, 2.75) is 19.8 Å². The number of thioether (sulfide) groups is 1. The Bertz CT molecular complexity index is 537. The fraction of sp³-hybridized carbons (Fsp3) is 0.333. The minimum Gasteiger partial charge on any atom is -0.497 e. The maximum atomic E-state index is 12.3. The molecule has 5 heteroatoms. The predicted octanol–water partition coefficient (Wildman–Crippen LogP) is 3.70. The van der Waals surface area contributed by atoms with Crippen LogP contribution in [-0.2, 0) is 4.79 Å². The van der Waals surface area contributed by atoms with Gasteiger partial charge in [-0.15, -0.1) is 0 Å². The number of rotatable bonds is 5. The lowest BCUT2D eigenvalue weighted by Gasteiger charge is -2.12. The number of benzene rings is 1. The molecule has 0 N–H and O–H groups in total. The molecule has 1 aliphatic rings. The number of thiocarbonyl (C=S) groups is 1. The van der Waals surface area contributed by atoms with E-state index in [2.05, 4.69) is 6.92 Å². The van der Waals surface area contributed by atoms with E-state index in [-0.39, 0.29) is 5.91 Å². The van der Waals surface area contributed by atoms with Crippen LogP contribution in [-0.4, -0.2) is 28.8 Å². The highest BCUT2D eigenvalue weighted by molar-refractivity contribution is 8.26. The van der Waals surface area contributed by atoms with Crippen molar-refractivity contribution in [1.29, 1.82) is 0 Å². The molecule has 106 valence electrons. The van der Waals surface area contributed by atoms with Gasteiger partial charge in [-0.1, -0.05) is 49.5 Å². The lowest BCUT2D eigenvalue weighted by Crippen LogP contribution is -2.28. The Labute approximate surface area is 129 Å². The van der Waals surface area contributed by atoms with E-state index >= 15 is 0 Å². The summed E-state index contributed by atoms with van der Waals surface area (Å²) in [6.07, 6.45) is 3.90. The van der Waals surface area contributed by atoms with Crippen molar-refractivity contribution in [2.75, 3.05) is 13.7 Å². The molecule has 0 saturated carbocycles. The predicted molar refractivity (Wildman–Crippen MR) is 87.8 cm³/mol. The number of nitrogens with zero attached hydrogens (tertiary/aromatic N) is 1. The molecule has 1 heterocycles. The highest BCUT2D eigenvalue weighted by Crippen LogP contribution is 2.32. The van der Waals surface area contributed by atoms with Crippen LogP contribution in [0.5, 0.6) is 5.75 Å². The Morgan fingerprint density at radius 1 is 1.35 bits per heavy atom. The number of hydrogen-bond donors (Lipinski definition) is 0. The first-order valence-corrected chi connectivity index (χ1v) is 7.77. The summed E-state index contributed by atoms with van der Waals surface area (Å²) in [5.74, 6) is 0.821. The second-order valence-corrected chi connectivity index (χ2v) is 6.14. The molecule has 1 aromatic rings. The Balaban J connectivity index is 2.14. The standard InChI is InChI=1S/C15H17NO2S2/c1-3-4-9-16-14(17)13(20-15(16)19)10-11-5-7-12(18-2)8-6-11/h5-8,10H,3-4,9H2,1-2H3. The minimum atomic E-state index is 0.0178. The van der Waals surface area contributed by atoms with Gasteiger partial charge in [-0.3, -0.25) is 9.69 Å². The molecule has 3 nitrogen and oxygen atoms in total. The number of amides is 1. The summed E-state index contributed by atoms with van der Waals surface area (Å²) in [5, 5.41) is 0. The zero-order chi connectivity index (χ0) is 14.5. The monoisotopic (exact) mass is 307 g/mol. The van der Waals surface area contributed by atoms with Gasteiger partial charge in [-0.05, 0) is 30.2 Å². The van der Waals surface area contributed by atoms with Crippen LogP contribution in [0.3, 0.4) is 0 Å². The van der Waals surface area contributed by atoms with Crippen molar-refractivity contribution < 1.29 is 9.53 Å². The molecule has 0 radical (unpaired) electrons. The SMILES string of the molecule is CCCCN1C(=O)C(=Cc2ccc(OC)cc2)SC1=S. The largest absolute Gasteiger partial charge is 0.497 e. The molecule has 0 atom stereocenters. The molecule has 0 unspecified atom stereocenters. The van der Waals surface area contributed by atoms with Crippen molar-refractivity contribution in [3.63, 3.8) is 0 Å². The maximum Gasteiger partial charge on any atom is 0.266 e. The van der Waals surface area contributed by atoms with E-state index in [4.69, 9.17) is 17.0 Å². The molecular weight excluding hydrogens is 290 g/mol. The zero-order valence-corrected chi connectivity index (χ0v) is 13.2. The highest BCUT2D eigenvalue weighted by atomic mass is 32.2. The van der Waals surface area contributed by atoms with Gasteiger partial charge >= 0.3 is 0 Å². The molecule has 0 bridgehead atoms. The highest BCUT2D eigenvalue weighted by Gasteiger charge is 2.31. The second kappa shape index (κ2) is 6.90. The molecule has 1 aromatic carbocycles. The van der Waals surface area contributed by atoms with Gasteiger partial charge < -0.3 is 4.74 Å². The Hall–Kier alpha value is -1.33. The Morgan fingerprint density at radius 2 is 2.05 bits per heavy atom. The van der Waals surface area contributed by atoms with E-state index in [1.165, 1.54) is 11.8 Å². The number of carbonyl (C=O) groups excluding carboxylic acids is 1. The smallest absolute Gasteiger partial charge is 0.266 e. The lowest BCUT2D eigenvalue weighted by molar-refractivity contribution is -0.122. The van der Waals surface area contributed by atoms with Gasteiger partial charge in [-0.2, -0.15) is 0 Å². The minimum absolute atomic E-state index is 0.0178. The topological polar surface area (TPSA) is 29.5 Å². The van der Waals surface area contributed by atoms with Gasteiger partial charge in [0.1, 0.15) is 10.1 Å². The lowest BCUT2D eigenvalue weighted by atomic mass is 10.2. The van der Waals surface area contributed by atoms with E-state index in [1.807, 2.05) is 30.3 Å². The first kappa shape index (κ1) is 15.1. The molecule has 1 aliphatic heterocycles. The van der Waals surface area contributed by atoms with Gasteiger partial charge in [0.2, 0.25) is 0 Å². The third-order valence-electron chi connectivity index (χ3n) is 3.02. The van der Waals surface area contributed by atoms with Gasteiger partial charge in [-0.25, -0.2) is 0 Å². The van der Waals surface area contributed by atoms with Crippen molar-refractivity contribution in [3.8, 4) is 5.75 Å². The molecule has 0 aromatic heterocycles. The van der Waals surface area contributed by atoms with E-state index in [9.17, 15) is 4.79 Å². The molecule has 2 rings (SSSR count). The summed E-state index contributed by atoms with van der Waals surface area (Å²) in [6.45, 7) is 2.81. The van der Waals surface area contributed by atoms with Crippen molar-refractivity contribution in [1.82, 2.24) is 4.90 Å². The fourth-order valence-corrected chi connectivity index (χ4v) is 3.17. The van der Waals surface area contributed by atoms with Crippen molar-refractivity contribution >= 4 is 40.3 Å². The van der Waals surface area contributed by atoms with Crippen molar-refractivity contribution in [2.24, 2.45) is 0 Å². The maximum absolute atomic E-state index is 12.3. The normalized spacial score (nSPS) is 17.1. The summed E-state index contributed by atoms with van der Waals surface area (Å²) in [5.41, 5.74) is 0.974. The van der Waals surface area contributed by atoms with Crippen molar-refractivity contribution in [3.05, 3.63) is 34.7 Å². The average molecular weight is 307 g/mol. The van der Waals surface area contributed by atoms with Crippen LogP contribution in [0.25, 0.3) is 6.08 Å². The first-order valence-electron chi connectivity index (χ1n) is 6.55. The number of carbonyl (C=O) groups is 1. The fourth-order valence-electron chi connectivity index (χ4n) is 1.86. The third kappa shape index (κ3) is 3.41. The first-order chi connectivity index (χ1) is 9.65. The second-order valence-electron chi connectivity index (χ2n) is 4.46. The van der Waals surface area contributed by atoms with E-state index in [1.54, 1.807) is 12.0 Å². The van der Waals surface area contributed by atoms with Crippen LogP contribution in [0.4, 0.5) is 0 Å². The van der Waals surface area contributed by atoms with Crippen LogP contribution < -0.4 is 4.74 Å². The summed E-state index contributed by atoms with van der Waals surface area (Å²) in [7, 11) is 1.63. The summed E-state index contributed by atoms with van der Waals surface area (Å²) in [4.78, 5) is 14.7. The molecule has 0 spiro atoms. The number of ether oxygens (including phenoxy) is 1.